The number of nitrogens with one attached hydrogen (secondary N) is 1. The summed E-state index contributed by atoms with van der Waals surface area (Å²) >= 11 is 0. The SMILES string of the molecule is CNC(c1ccn(C)n1)C1CCN(C(=O)OC(C)(C)C)C1. The number of aromatic nitrogens is 2. The van der Waals surface area contributed by atoms with Crippen LogP contribution in [0.3, 0.4) is 0 Å². The van der Waals surface area contributed by atoms with Gasteiger partial charge < -0.3 is 15.0 Å². The number of amides is 1. The van der Waals surface area contributed by atoms with Crippen molar-refractivity contribution < 1.29 is 9.53 Å². The summed E-state index contributed by atoms with van der Waals surface area (Å²) in [4.78, 5) is 13.9. The molecule has 1 fully saturated rings. The van der Waals surface area contributed by atoms with Crippen LogP contribution in [-0.2, 0) is 11.8 Å². The summed E-state index contributed by atoms with van der Waals surface area (Å²) in [6, 6.07) is 2.19. The molecule has 6 nitrogen and oxygen atoms in total. The van der Waals surface area contributed by atoms with Crippen LogP contribution in [-0.4, -0.2) is 46.5 Å². The van der Waals surface area contributed by atoms with Crippen LogP contribution < -0.4 is 5.32 Å². The molecule has 1 aliphatic rings. The van der Waals surface area contributed by atoms with Crippen LogP contribution in [0.4, 0.5) is 4.79 Å². The molecule has 1 saturated heterocycles. The standard InChI is InChI=1S/C15H26N4O2/c1-15(2,3)21-14(20)19-9-6-11(10-19)13(16-4)12-7-8-18(5)17-12/h7-8,11,13,16H,6,9-10H2,1-5H3. The number of nitrogens with zero attached hydrogens (tertiary/aromatic N) is 3. The van der Waals surface area contributed by atoms with E-state index in [2.05, 4.69) is 10.4 Å². The molecule has 0 spiro atoms. The number of ether oxygens (including phenoxy) is 1. The summed E-state index contributed by atoms with van der Waals surface area (Å²) in [5, 5.41) is 7.80. The van der Waals surface area contributed by atoms with Crippen molar-refractivity contribution in [3.8, 4) is 0 Å². The van der Waals surface area contributed by atoms with E-state index in [0.717, 1.165) is 18.7 Å². The fraction of sp³-hybridized carbons (Fsp3) is 0.733. The maximum absolute atomic E-state index is 12.1. The average molecular weight is 294 g/mol. The van der Waals surface area contributed by atoms with Gasteiger partial charge in [0.15, 0.2) is 0 Å². The first-order valence-corrected chi connectivity index (χ1v) is 7.45. The third kappa shape index (κ3) is 3.97. The van der Waals surface area contributed by atoms with Crippen molar-refractivity contribution in [2.45, 2.75) is 38.8 Å². The Labute approximate surface area is 126 Å². The Balaban J connectivity index is 1.99. The van der Waals surface area contributed by atoms with Gasteiger partial charge in [-0.2, -0.15) is 5.10 Å². The highest BCUT2D eigenvalue weighted by molar-refractivity contribution is 5.68. The van der Waals surface area contributed by atoms with Gasteiger partial charge in [0.2, 0.25) is 0 Å². The topological polar surface area (TPSA) is 59.4 Å². The first-order valence-electron chi connectivity index (χ1n) is 7.45. The summed E-state index contributed by atoms with van der Waals surface area (Å²) in [6.45, 7) is 7.12. The van der Waals surface area contributed by atoms with E-state index in [-0.39, 0.29) is 12.1 Å². The molecule has 0 aromatic carbocycles. The number of aryl methyl sites for hydroxylation is 1. The van der Waals surface area contributed by atoms with E-state index in [1.807, 2.05) is 47.1 Å². The molecule has 2 unspecified atom stereocenters. The highest BCUT2D eigenvalue weighted by atomic mass is 16.6. The molecule has 0 aliphatic carbocycles. The molecule has 2 rings (SSSR count). The Morgan fingerprint density at radius 2 is 2.24 bits per heavy atom. The summed E-state index contributed by atoms with van der Waals surface area (Å²) in [7, 11) is 3.85. The zero-order chi connectivity index (χ0) is 15.6. The molecule has 0 radical (unpaired) electrons. The number of likely N-dealkylation sites (tertiary alicyclic amines) is 1. The molecular weight excluding hydrogens is 268 g/mol. The van der Waals surface area contributed by atoms with Crippen LogP contribution in [0.15, 0.2) is 12.3 Å². The second-order valence-electron chi connectivity index (χ2n) is 6.66. The Morgan fingerprint density at radius 3 is 2.76 bits per heavy atom. The summed E-state index contributed by atoms with van der Waals surface area (Å²) in [6.07, 6.45) is 2.68. The zero-order valence-electron chi connectivity index (χ0n) is 13.6. The number of hydrogen-bond acceptors (Lipinski definition) is 4. The Morgan fingerprint density at radius 1 is 1.52 bits per heavy atom. The van der Waals surface area contributed by atoms with Crippen LogP contribution in [0.25, 0.3) is 0 Å². The minimum Gasteiger partial charge on any atom is -0.444 e. The van der Waals surface area contributed by atoms with Crippen LogP contribution in [0.5, 0.6) is 0 Å². The number of rotatable bonds is 3. The summed E-state index contributed by atoms with van der Waals surface area (Å²) in [5.41, 5.74) is 0.578. The molecule has 2 atom stereocenters. The van der Waals surface area contributed by atoms with E-state index in [1.54, 1.807) is 9.58 Å². The molecule has 2 heterocycles. The van der Waals surface area contributed by atoms with Crippen molar-refractivity contribution in [3.63, 3.8) is 0 Å². The lowest BCUT2D eigenvalue weighted by atomic mass is 9.96. The van der Waals surface area contributed by atoms with E-state index >= 15 is 0 Å². The predicted molar refractivity (Wildman–Crippen MR) is 80.9 cm³/mol. The van der Waals surface area contributed by atoms with Gasteiger partial charge in [-0.3, -0.25) is 4.68 Å². The zero-order valence-corrected chi connectivity index (χ0v) is 13.6. The van der Waals surface area contributed by atoms with E-state index in [1.165, 1.54) is 0 Å². The minimum atomic E-state index is -0.446. The number of carbonyl (C=O) groups excluding carboxylic acids is 1. The molecule has 0 saturated carbocycles. The van der Waals surface area contributed by atoms with Crippen LogP contribution in [0.1, 0.15) is 38.9 Å². The molecule has 6 heteroatoms. The highest BCUT2D eigenvalue weighted by Crippen LogP contribution is 2.29. The molecule has 1 aromatic rings. The average Bonchev–Trinajstić information content (AvgIpc) is 2.98. The second-order valence-corrected chi connectivity index (χ2v) is 6.66. The van der Waals surface area contributed by atoms with Crippen molar-refractivity contribution in [2.24, 2.45) is 13.0 Å². The summed E-state index contributed by atoms with van der Waals surface area (Å²) in [5.74, 6) is 0.359. The third-order valence-electron chi connectivity index (χ3n) is 3.71. The largest absolute Gasteiger partial charge is 0.444 e. The van der Waals surface area contributed by atoms with Crippen molar-refractivity contribution in [3.05, 3.63) is 18.0 Å². The minimum absolute atomic E-state index is 0.165. The van der Waals surface area contributed by atoms with Gasteiger partial charge >= 0.3 is 6.09 Å². The molecule has 0 bridgehead atoms. The second kappa shape index (κ2) is 6.05. The predicted octanol–water partition coefficient (Wildman–Crippen LogP) is 1.94. The van der Waals surface area contributed by atoms with Gasteiger partial charge in [-0.1, -0.05) is 0 Å². The van der Waals surface area contributed by atoms with Crippen molar-refractivity contribution in [1.29, 1.82) is 0 Å². The van der Waals surface area contributed by atoms with E-state index < -0.39 is 5.60 Å². The quantitative estimate of drug-likeness (QED) is 0.925. The lowest BCUT2D eigenvalue weighted by molar-refractivity contribution is 0.0285. The highest BCUT2D eigenvalue weighted by Gasteiger charge is 2.34. The Hall–Kier alpha value is -1.56. The van der Waals surface area contributed by atoms with Gasteiger partial charge in [0.25, 0.3) is 0 Å². The third-order valence-corrected chi connectivity index (χ3v) is 3.71. The lowest BCUT2D eigenvalue weighted by Crippen LogP contribution is -2.36. The molecular formula is C15H26N4O2. The molecule has 1 aliphatic heterocycles. The first-order chi connectivity index (χ1) is 9.80. The van der Waals surface area contributed by atoms with Gasteiger partial charge in [-0.15, -0.1) is 0 Å². The van der Waals surface area contributed by atoms with Crippen LogP contribution in [0.2, 0.25) is 0 Å². The smallest absolute Gasteiger partial charge is 0.410 e. The fourth-order valence-electron chi connectivity index (χ4n) is 2.78. The molecule has 118 valence electrons. The number of carbonyl (C=O) groups is 1. The van der Waals surface area contributed by atoms with Crippen molar-refractivity contribution in [2.75, 3.05) is 20.1 Å². The normalized spacial score (nSPS) is 20.6. The Bertz CT molecular complexity index is 492. The monoisotopic (exact) mass is 294 g/mol. The van der Waals surface area contributed by atoms with Crippen molar-refractivity contribution in [1.82, 2.24) is 20.0 Å². The van der Waals surface area contributed by atoms with Gasteiger partial charge in [0, 0.05) is 26.3 Å². The van der Waals surface area contributed by atoms with E-state index in [9.17, 15) is 4.79 Å². The molecule has 21 heavy (non-hydrogen) atoms. The van der Waals surface area contributed by atoms with Gasteiger partial charge in [0.05, 0.1) is 11.7 Å². The van der Waals surface area contributed by atoms with Crippen LogP contribution >= 0.6 is 0 Å². The van der Waals surface area contributed by atoms with E-state index in [4.69, 9.17) is 4.74 Å². The van der Waals surface area contributed by atoms with Gasteiger partial charge in [-0.25, -0.2) is 4.79 Å². The van der Waals surface area contributed by atoms with Crippen molar-refractivity contribution >= 4 is 6.09 Å². The van der Waals surface area contributed by atoms with Gasteiger partial charge in [0.1, 0.15) is 5.60 Å². The maximum Gasteiger partial charge on any atom is 0.410 e. The summed E-state index contributed by atoms with van der Waals surface area (Å²) < 4.78 is 7.25. The lowest BCUT2D eigenvalue weighted by Gasteiger charge is -2.25. The Kier molecular flexibility index (Phi) is 4.56. The number of hydrogen-bond donors (Lipinski definition) is 1. The first kappa shape index (κ1) is 15.8. The van der Waals surface area contributed by atoms with Gasteiger partial charge in [-0.05, 0) is 46.2 Å². The molecule has 1 amide bonds. The van der Waals surface area contributed by atoms with E-state index in [0.29, 0.717) is 12.5 Å². The van der Waals surface area contributed by atoms with Crippen LogP contribution in [0, 0.1) is 5.92 Å². The maximum atomic E-state index is 12.1. The fourth-order valence-corrected chi connectivity index (χ4v) is 2.78. The molecule has 1 N–H and O–H groups in total. The molecule has 1 aromatic heterocycles.